The summed E-state index contributed by atoms with van der Waals surface area (Å²) in [6, 6.07) is 0.695. The molecule has 2 atom stereocenters. The van der Waals surface area contributed by atoms with Gasteiger partial charge in [-0.2, -0.15) is 13.9 Å². The van der Waals surface area contributed by atoms with Crippen LogP contribution in [0.15, 0.2) is 10.9 Å². The van der Waals surface area contributed by atoms with Gasteiger partial charge in [0.05, 0.1) is 17.8 Å². The number of amides is 2. The Hall–Kier alpha value is -2.03. The largest absolute Gasteiger partial charge is 0.345 e. The van der Waals surface area contributed by atoms with Crippen molar-refractivity contribution in [1.29, 1.82) is 0 Å². The lowest BCUT2D eigenvalue weighted by Crippen LogP contribution is -2.52. The second kappa shape index (κ2) is 7.25. The van der Waals surface area contributed by atoms with Gasteiger partial charge in [-0.15, -0.1) is 0 Å². The molecule has 0 radical (unpaired) electrons. The zero-order chi connectivity index (χ0) is 17.1. The van der Waals surface area contributed by atoms with E-state index in [1.54, 1.807) is 4.90 Å². The molecule has 1 aliphatic heterocycles. The van der Waals surface area contributed by atoms with Crippen molar-refractivity contribution in [3.63, 3.8) is 0 Å². The molecule has 3 rings (SSSR count). The van der Waals surface area contributed by atoms with Crippen molar-refractivity contribution in [2.24, 2.45) is 0 Å². The third-order valence-corrected chi connectivity index (χ3v) is 4.53. The Labute approximate surface area is 137 Å². The highest BCUT2D eigenvalue weighted by molar-refractivity contribution is 5.75. The highest BCUT2D eigenvalue weighted by Crippen LogP contribution is 2.24. The number of nitrogens with zero attached hydrogens (tertiary/aromatic N) is 2. The van der Waals surface area contributed by atoms with Gasteiger partial charge < -0.3 is 15.0 Å². The molecule has 0 unspecified atom stereocenters. The average Bonchev–Trinajstić information content (AvgIpc) is 2.55. The Bertz CT molecular complexity index is 652. The smallest absolute Gasteiger partial charge is 0.333 e. The van der Waals surface area contributed by atoms with Crippen molar-refractivity contribution in [1.82, 2.24) is 20.4 Å². The van der Waals surface area contributed by atoms with E-state index in [-0.39, 0.29) is 18.1 Å². The van der Waals surface area contributed by atoms with E-state index in [1.165, 1.54) is 6.07 Å². The molecule has 1 aliphatic carbocycles. The number of aromatic amines is 1. The van der Waals surface area contributed by atoms with Crippen LogP contribution in [0.1, 0.15) is 36.9 Å². The molecule has 1 aromatic heterocycles. The molecule has 0 saturated heterocycles. The van der Waals surface area contributed by atoms with E-state index in [2.05, 4.69) is 20.3 Å². The number of alkyl halides is 2. The minimum absolute atomic E-state index is 0.283. The van der Waals surface area contributed by atoms with Gasteiger partial charge in [0.2, 0.25) is 0 Å². The van der Waals surface area contributed by atoms with Gasteiger partial charge in [-0.1, -0.05) is 12.8 Å². The number of halogens is 2. The number of H-pyrrole nitrogens is 1. The molecular formula is C15H20F2N4O3. The molecule has 7 nitrogen and oxygen atoms in total. The fourth-order valence-electron chi connectivity index (χ4n) is 3.33. The van der Waals surface area contributed by atoms with E-state index >= 15 is 0 Å². The lowest BCUT2D eigenvalue weighted by Gasteiger charge is -2.35. The lowest BCUT2D eigenvalue weighted by atomic mass is 9.92. The van der Waals surface area contributed by atoms with Crippen molar-refractivity contribution in [2.75, 3.05) is 6.54 Å². The standard InChI is InChI=1S/C15H20F2N4O3/c16-14(17)24-12-4-2-1-3-11(12)18-15(23)21-6-5-10-9(8-21)7-13(22)20-19-10/h7,11-12,14H,1-6,8H2,(H,18,23)(H,20,22)/t11-,12-/m1/s1. The number of carbonyl (C=O) groups is 1. The molecule has 0 aromatic carbocycles. The van der Waals surface area contributed by atoms with Crippen molar-refractivity contribution < 1.29 is 18.3 Å². The molecule has 2 heterocycles. The van der Waals surface area contributed by atoms with Crippen LogP contribution in [0.3, 0.4) is 0 Å². The van der Waals surface area contributed by atoms with Crippen LogP contribution in [0.25, 0.3) is 0 Å². The first kappa shape index (κ1) is 16.8. The molecule has 1 saturated carbocycles. The Morgan fingerprint density at radius 2 is 2.21 bits per heavy atom. The van der Waals surface area contributed by atoms with Gasteiger partial charge in [0.15, 0.2) is 0 Å². The second-order valence-corrected chi connectivity index (χ2v) is 6.15. The van der Waals surface area contributed by atoms with Crippen LogP contribution in [0, 0.1) is 0 Å². The van der Waals surface area contributed by atoms with E-state index in [0.717, 1.165) is 18.5 Å². The summed E-state index contributed by atoms with van der Waals surface area (Å²) in [4.78, 5) is 25.4. The van der Waals surface area contributed by atoms with Crippen LogP contribution >= 0.6 is 0 Å². The summed E-state index contributed by atoms with van der Waals surface area (Å²) in [5.41, 5.74) is 1.17. The molecule has 0 bridgehead atoms. The van der Waals surface area contributed by atoms with Crippen molar-refractivity contribution in [3.05, 3.63) is 27.7 Å². The summed E-state index contributed by atoms with van der Waals surface area (Å²) in [5.74, 6) is 0. The van der Waals surface area contributed by atoms with Crippen LogP contribution in [0.5, 0.6) is 0 Å². The van der Waals surface area contributed by atoms with Crippen molar-refractivity contribution in [3.8, 4) is 0 Å². The quantitative estimate of drug-likeness (QED) is 0.869. The summed E-state index contributed by atoms with van der Waals surface area (Å²) in [6.07, 6.45) is 2.70. The van der Waals surface area contributed by atoms with E-state index < -0.39 is 18.8 Å². The summed E-state index contributed by atoms with van der Waals surface area (Å²) in [5, 5.41) is 9.17. The average molecular weight is 342 g/mol. The van der Waals surface area contributed by atoms with Gasteiger partial charge in [-0.3, -0.25) is 4.79 Å². The first-order chi connectivity index (χ1) is 11.5. The van der Waals surface area contributed by atoms with Crippen LogP contribution in [-0.2, 0) is 17.7 Å². The molecule has 9 heteroatoms. The molecule has 0 spiro atoms. The third kappa shape index (κ3) is 3.89. The molecule has 1 aromatic rings. The molecule has 2 N–H and O–H groups in total. The van der Waals surface area contributed by atoms with E-state index in [9.17, 15) is 18.4 Å². The molecule has 2 amide bonds. The van der Waals surface area contributed by atoms with E-state index in [4.69, 9.17) is 0 Å². The Balaban J connectivity index is 1.63. The number of fused-ring (bicyclic) bond motifs is 1. The maximum absolute atomic E-state index is 12.5. The third-order valence-electron chi connectivity index (χ3n) is 4.53. The topological polar surface area (TPSA) is 87.3 Å². The molecule has 132 valence electrons. The SMILES string of the molecule is O=C(N[C@@H]1CCCC[C@H]1OC(F)F)N1CCc2n[nH]c(=O)cc2C1. The maximum Gasteiger partial charge on any atom is 0.345 e. The van der Waals surface area contributed by atoms with Gasteiger partial charge in [-0.05, 0) is 12.8 Å². The number of nitrogens with one attached hydrogen (secondary N) is 2. The molecule has 1 fully saturated rings. The predicted octanol–water partition coefficient (Wildman–Crippen LogP) is 1.39. The van der Waals surface area contributed by atoms with Gasteiger partial charge >= 0.3 is 12.6 Å². The minimum atomic E-state index is -2.84. The Kier molecular flexibility index (Phi) is 5.08. The normalized spacial score (nSPS) is 23.9. The van der Waals surface area contributed by atoms with Crippen molar-refractivity contribution >= 4 is 6.03 Å². The summed E-state index contributed by atoms with van der Waals surface area (Å²) in [6.45, 7) is -2.09. The number of ether oxygens (including phenoxy) is 1. The predicted molar refractivity (Wildman–Crippen MR) is 80.6 cm³/mol. The fraction of sp³-hybridized carbons (Fsp3) is 0.667. The van der Waals surface area contributed by atoms with E-state index in [0.29, 0.717) is 31.4 Å². The summed E-state index contributed by atoms with van der Waals surface area (Å²) >= 11 is 0. The monoisotopic (exact) mass is 342 g/mol. The van der Waals surface area contributed by atoms with Gasteiger partial charge in [-0.25, -0.2) is 9.89 Å². The Morgan fingerprint density at radius 3 is 3.00 bits per heavy atom. The number of aromatic nitrogens is 2. The van der Waals surface area contributed by atoms with Crippen LogP contribution < -0.4 is 10.9 Å². The maximum atomic E-state index is 12.5. The first-order valence-corrected chi connectivity index (χ1v) is 8.09. The molecule has 2 aliphatic rings. The summed E-state index contributed by atoms with van der Waals surface area (Å²) < 4.78 is 29.6. The van der Waals surface area contributed by atoms with E-state index in [1.807, 2.05) is 0 Å². The molecule has 24 heavy (non-hydrogen) atoms. The lowest BCUT2D eigenvalue weighted by molar-refractivity contribution is -0.175. The zero-order valence-electron chi connectivity index (χ0n) is 13.1. The number of urea groups is 1. The molecular weight excluding hydrogens is 322 g/mol. The number of hydrogen-bond donors (Lipinski definition) is 2. The Morgan fingerprint density at radius 1 is 1.42 bits per heavy atom. The number of hydrogen-bond acceptors (Lipinski definition) is 4. The van der Waals surface area contributed by atoms with Crippen LogP contribution in [0.4, 0.5) is 13.6 Å². The van der Waals surface area contributed by atoms with Crippen molar-refractivity contribution in [2.45, 2.75) is 57.4 Å². The van der Waals surface area contributed by atoms with Crippen LogP contribution in [0.2, 0.25) is 0 Å². The minimum Gasteiger partial charge on any atom is -0.333 e. The highest BCUT2D eigenvalue weighted by Gasteiger charge is 2.31. The summed E-state index contributed by atoms with van der Waals surface area (Å²) in [7, 11) is 0. The number of rotatable bonds is 3. The first-order valence-electron chi connectivity index (χ1n) is 8.09. The highest BCUT2D eigenvalue weighted by atomic mass is 19.3. The van der Waals surface area contributed by atoms with Gasteiger partial charge in [0.1, 0.15) is 0 Å². The van der Waals surface area contributed by atoms with Gasteiger partial charge in [0.25, 0.3) is 5.56 Å². The number of carbonyl (C=O) groups excluding carboxylic acids is 1. The van der Waals surface area contributed by atoms with Crippen LogP contribution in [-0.4, -0.2) is 46.4 Å². The van der Waals surface area contributed by atoms with Gasteiger partial charge in [0, 0.05) is 31.1 Å². The zero-order valence-corrected chi connectivity index (χ0v) is 13.1. The second-order valence-electron chi connectivity index (χ2n) is 6.15. The fourth-order valence-corrected chi connectivity index (χ4v) is 3.33.